The standard InChI is InChI=1S/C28H64O2Si3/c1-9-17-19-21-23-25-27-31(11-3,12-4)29-33(15-7,16-8)30-32(13-5,14-6)28-26-24-22-20-18-10-2/h9-28H2,1-8H3. The quantitative estimate of drug-likeness (QED) is 0.0937. The van der Waals surface area contributed by atoms with Gasteiger partial charge in [0.1, 0.15) is 0 Å². The van der Waals surface area contributed by atoms with E-state index < -0.39 is 25.2 Å². The molecule has 0 atom stereocenters. The molecule has 0 rings (SSSR count). The molecule has 33 heavy (non-hydrogen) atoms. The van der Waals surface area contributed by atoms with Gasteiger partial charge in [-0.05, 0) is 48.4 Å². The minimum atomic E-state index is -2.14. The van der Waals surface area contributed by atoms with Crippen molar-refractivity contribution in [1.82, 2.24) is 0 Å². The summed E-state index contributed by atoms with van der Waals surface area (Å²) in [7, 11) is -5.55. The summed E-state index contributed by atoms with van der Waals surface area (Å²) in [6.07, 6.45) is 16.6. The van der Waals surface area contributed by atoms with Gasteiger partial charge in [-0.1, -0.05) is 132 Å². The molecule has 0 heterocycles. The minimum Gasteiger partial charge on any atom is -0.436 e. The second-order valence-electron chi connectivity index (χ2n) is 10.6. The average molecular weight is 517 g/mol. The summed E-state index contributed by atoms with van der Waals surface area (Å²) in [5, 5.41) is 0. The van der Waals surface area contributed by atoms with Crippen LogP contribution in [0.5, 0.6) is 0 Å². The molecule has 0 aliphatic heterocycles. The summed E-state index contributed by atoms with van der Waals surface area (Å²) >= 11 is 0. The van der Waals surface area contributed by atoms with Gasteiger partial charge in [-0.15, -0.1) is 0 Å². The Balaban J connectivity index is 5.24. The van der Waals surface area contributed by atoms with Crippen LogP contribution in [0.3, 0.4) is 0 Å². The zero-order valence-corrected chi connectivity index (χ0v) is 27.5. The van der Waals surface area contributed by atoms with E-state index in [1.165, 1.54) is 113 Å². The maximum atomic E-state index is 7.46. The molecule has 0 aromatic heterocycles. The van der Waals surface area contributed by atoms with Crippen molar-refractivity contribution in [2.24, 2.45) is 0 Å². The summed E-state index contributed by atoms with van der Waals surface area (Å²) < 4.78 is 14.9. The molecule has 0 aromatic carbocycles. The lowest BCUT2D eigenvalue weighted by atomic mass is 10.1. The average Bonchev–Trinajstić information content (AvgIpc) is 2.86. The minimum absolute atomic E-state index is 1.14. The van der Waals surface area contributed by atoms with Gasteiger partial charge < -0.3 is 8.23 Å². The predicted octanol–water partition coefficient (Wildman–Crippen LogP) is 11.2. The van der Waals surface area contributed by atoms with Crippen LogP contribution in [0, 0.1) is 0 Å². The van der Waals surface area contributed by atoms with Crippen LogP contribution >= 0.6 is 0 Å². The molecule has 0 N–H and O–H groups in total. The first kappa shape index (κ1) is 33.6. The van der Waals surface area contributed by atoms with E-state index in [2.05, 4.69) is 55.4 Å². The van der Waals surface area contributed by atoms with Gasteiger partial charge in [0.2, 0.25) is 0 Å². The van der Waals surface area contributed by atoms with E-state index in [4.69, 9.17) is 8.23 Å². The molecule has 0 bridgehead atoms. The number of hydrogen-bond acceptors (Lipinski definition) is 2. The summed E-state index contributed by atoms with van der Waals surface area (Å²) in [5.74, 6) is 0. The molecule has 0 fully saturated rings. The van der Waals surface area contributed by atoms with Crippen LogP contribution in [-0.2, 0) is 8.23 Å². The molecule has 0 unspecified atom stereocenters. The van der Waals surface area contributed by atoms with Gasteiger partial charge in [0, 0.05) is 0 Å². The first-order valence-corrected chi connectivity index (χ1v) is 22.6. The van der Waals surface area contributed by atoms with Crippen LogP contribution in [0.25, 0.3) is 0 Å². The molecule has 0 aromatic rings. The Kier molecular flexibility index (Phi) is 20.1. The van der Waals surface area contributed by atoms with E-state index in [9.17, 15) is 0 Å². The lowest BCUT2D eigenvalue weighted by Crippen LogP contribution is -2.58. The van der Waals surface area contributed by atoms with Gasteiger partial charge in [0.05, 0.1) is 0 Å². The fourth-order valence-electron chi connectivity index (χ4n) is 5.40. The van der Waals surface area contributed by atoms with Crippen LogP contribution in [0.2, 0.25) is 48.4 Å². The third-order valence-electron chi connectivity index (χ3n) is 8.43. The first-order chi connectivity index (χ1) is 15.9. The normalized spacial score (nSPS) is 13.1. The first-order valence-electron chi connectivity index (χ1n) is 15.3. The van der Waals surface area contributed by atoms with E-state index in [-0.39, 0.29) is 0 Å². The maximum absolute atomic E-state index is 7.46. The van der Waals surface area contributed by atoms with Gasteiger partial charge in [0.15, 0.2) is 16.6 Å². The van der Waals surface area contributed by atoms with Crippen LogP contribution in [0.4, 0.5) is 0 Å². The Morgan fingerprint density at radius 1 is 0.364 bits per heavy atom. The second-order valence-corrected chi connectivity index (χ2v) is 24.1. The Morgan fingerprint density at radius 2 is 0.667 bits per heavy atom. The van der Waals surface area contributed by atoms with Crippen LogP contribution < -0.4 is 0 Å². The van der Waals surface area contributed by atoms with E-state index in [0.717, 1.165) is 12.1 Å². The molecular weight excluding hydrogens is 453 g/mol. The van der Waals surface area contributed by atoms with E-state index in [0.29, 0.717) is 0 Å². The number of rotatable bonds is 24. The van der Waals surface area contributed by atoms with Gasteiger partial charge in [-0.25, -0.2) is 0 Å². The largest absolute Gasteiger partial charge is 0.436 e. The SMILES string of the molecule is CCCCCCCC[Si](CC)(CC)O[Si](CC)(CC)O[Si](CC)(CC)CCCCCCCC. The highest BCUT2D eigenvalue weighted by molar-refractivity contribution is 6.90. The molecule has 0 aliphatic carbocycles. The highest BCUT2D eigenvalue weighted by Crippen LogP contribution is 2.37. The fourth-order valence-corrected chi connectivity index (χ4v) is 22.4. The van der Waals surface area contributed by atoms with E-state index in [1.807, 2.05) is 0 Å². The molecule has 0 saturated carbocycles. The van der Waals surface area contributed by atoms with Crippen molar-refractivity contribution in [2.45, 2.75) is 181 Å². The van der Waals surface area contributed by atoms with Crippen molar-refractivity contribution in [3.8, 4) is 0 Å². The predicted molar refractivity (Wildman–Crippen MR) is 159 cm³/mol. The Morgan fingerprint density at radius 3 is 0.939 bits per heavy atom. The molecule has 0 spiro atoms. The Hall–Kier alpha value is 0.571. The van der Waals surface area contributed by atoms with Crippen molar-refractivity contribution >= 4 is 25.2 Å². The molecular formula is C28H64O2Si3. The van der Waals surface area contributed by atoms with Gasteiger partial charge >= 0.3 is 8.56 Å². The second kappa shape index (κ2) is 19.7. The molecule has 0 saturated heterocycles. The van der Waals surface area contributed by atoms with Crippen molar-refractivity contribution in [2.75, 3.05) is 0 Å². The highest BCUT2D eigenvalue weighted by Gasteiger charge is 2.47. The summed E-state index contributed by atoms with van der Waals surface area (Å²) in [4.78, 5) is 0. The van der Waals surface area contributed by atoms with Crippen LogP contribution in [0.15, 0.2) is 0 Å². The third kappa shape index (κ3) is 12.9. The Labute approximate surface area is 213 Å². The van der Waals surface area contributed by atoms with Crippen molar-refractivity contribution < 1.29 is 8.23 Å². The zero-order valence-electron chi connectivity index (χ0n) is 24.5. The molecule has 0 aliphatic rings. The zero-order chi connectivity index (χ0) is 25.1. The number of hydrogen-bond donors (Lipinski definition) is 0. The van der Waals surface area contributed by atoms with Crippen LogP contribution in [-0.4, -0.2) is 25.2 Å². The van der Waals surface area contributed by atoms with Crippen molar-refractivity contribution in [3.63, 3.8) is 0 Å². The smallest absolute Gasteiger partial charge is 0.317 e. The Bertz CT molecular complexity index is 397. The topological polar surface area (TPSA) is 18.5 Å². The van der Waals surface area contributed by atoms with Gasteiger partial charge in [-0.3, -0.25) is 0 Å². The molecule has 0 radical (unpaired) electrons. The highest BCUT2D eigenvalue weighted by atomic mass is 28.5. The van der Waals surface area contributed by atoms with E-state index in [1.54, 1.807) is 0 Å². The summed E-state index contributed by atoms with van der Waals surface area (Å²) in [6.45, 7) is 19.0. The number of unbranched alkanes of at least 4 members (excludes halogenated alkanes) is 10. The third-order valence-corrected chi connectivity index (χ3v) is 24.7. The van der Waals surface area contributed by atoms with Crippen molar-refractivity contribution in [1.29, 1.82) is 0 Å². The van der Waals surface area contributed by atoms with Crippen molar-refractivity contribution in [3.05, 3.63) is 0 Å². The van der Waals surface area contributed by atoms with E-state index >= 15 is 0 Å². The van der Waals surface area contributed by atoms with Crippen LogP contribution in [0.1, 0.15) is 132 Å². The summed E-state index contributed by atoms with van der Waals surface area (Å²) in [6, 6.07) is 10.0. The maximum Gasteiger partial charge on any atom is 0.317 e. The molecule has 5 heteroatoms. The monoisotopic (exact) mass is 516 g/mol. The van der Waals surface area contributed by atoms with Gasteiger partial charge in [-0.2, -0.15) is 0 Å². The molecule has 2 nitrogen and oxygen atoms in total. The fraction of sp³-hybridized carbons (Fsp3) is 1.00. The lowest BCUT2D eigenvalue weighted by molar-refractivity contribution is 0.357. The van der Waals surface area contributed by atoms with Gasteiger partial charge in [0.25, 0.3) is 0 Å². The molecule has 0 amide bonds. The summed E-state index contributed by atoms with van der Waals surface area (Å²) in [5.41, 5.74) is 0. The molecule has 200 valence electrons. The lowest BCUT2D eigenvalue weighted by Gasteiger charge is -2.46.